The van der Waals surface area contributed by atoms with Crippen LogP contribution in [0.25, 0.3) is 0 Å². The molecule has 1 aromatic carbocycles. The second-order valence-corrected chi connectivity index (χ2v) is 3.88. The molecule has 4 nitrogen and oxygen atoms in total. The van der Waals surface area contributed by atoms with Crippen LogP contribution in [0.2, 0.25) is 0 Å². The molecule has 1 aromatic rings. The number of hydrogen-bond acceptors (Lipinski definition) is 4. The summed E-state index contributed by atoms with van der Waals surface area (Å²) in [5.74, 6) is 5.38. The van der Waals surface area contributed by atoms with Crippen molar-refractivity contribution in [2.75, 3.05) is 0 Å². The maximum Gasteiger partial charge on any atom is 0.308 e. The minimum absolute atomic E-state index is 0.317. The van der Waals surface area contributed by atoms with Crippen LogP contribution in [-0.4, -0.2) is 11.9 Å². The Hall–Kier alpha value is -2.54. The van der Waals surface area contributed by atoms with E-state index in [1.165, 1.54) is 32.0 Å². The van der Waals surface area contributed by atoms with Gasteiger partial charge in [0.25, 0.3) is 0 Å². The molecule has 0 aliphatic heterocycles. The molecule has 0 atom stereocenters. The van der Waals surface area contributed by atoms with Gasteiger partial charge in [0.1, 0.15) is 11.5 Å². The highest BCUT2D eigenvalue weighted by Gasteiger charge is 2.07. The summed E-state index contributed by atoms with van der Waals surface area (Å²) in [4.78, 5) is 21.9. The zero-order chi connectivity index (χ0) is 14.4. The predicted octanol–water partition coefficient (Wildman–Crippen LogP) is 2.46. The van der Waals surface area contributed by atoms with Crippen LogP contribution >= 0.6 is 0 Å². The van der Waals surface area contributed by atoms with E-state index in [0.29, 0.717) is 22.6 Å². The Morgan fingerprint density at radius 1 is 1.11 bits per heavy atom. The van der Waals surface area contributed by atoms with Crippen LogP contribution < -0.4 is 9.47 Å². The van der Waals surface area contributed by atoms with E-state index in [1.54, 1.807) is 6.92 Å². The fraction of sp³-hybridized carbons (Fsp3) is 0.200. The van der Waals surface area contributed by atoms with Crippen LogP contribution in [0.15, 0.2) is 30.4 Å². The van der Waals surface area contributed by atoms with Gasteiger partial charge in [0, 0.05) is 19.9 Å². The highest BCUT2D eigenvalue weighted by Crippen LogP contribution is 2.24. The first-order chi connectivity index (χ1) is 8.88. The van der Waals surface area contributed by atoms with Crippen LogP contribution in [0.4, 0.5) is 0 Å². The van der Waals surface area contributed by atoms with Gasteiger partial charge in [-0.05, 0) is 24.6 Å². The maximum atomic E-state index is 11.0. The number of hydrogen-bond donors (Lipinski definition) is 0. The smallest absolute Gasteiger partial charge is 0.308 e. The van der Waals surface area contributed by atoms with E-state index < -0.39 is 11.9 Å². The van der Waals surface area contributed by atoms with Gasteiger partial charge in [-0.15, -0.1) is 0 Å². The Bertz CT molecular complexity index is 588. The molecule has 19 heavy (non-hydrogen) atoms. The normalized spacial score (nSPS) is 9.00. The molecule has 0 aromatic heterocycles. The van der Waals surface area contributed by atoms with Crippen molar-refractivity contribution >= 4 is 11.9 Å². The zero-order valence-corrected chi connectivity index (χ0v) is 11.1. The molecule has 98 valence electrons. The lowest BCUT2D eigenvalue weighted by atomic mass is 10.2. The first-order valence-corrected chi connectivity index (χ1v) is 5.57. The molecular weight excluding hydrogens is 244 g/mol. The van der Waals surface area contributed by atoms with Gasteiger partial charge in [-0.3, -0.25) is 9.59 Å². The molecule has 0 heterocycles. The minimum Gasteiger partial charge on any atom is -0.427 e. The van der Waals surface area contributed by atoms with Crippen molar-refractivity contribution in [2.45, 2.75) is 20.8 Å². The first kappa shape index (κ1) is 14.5. The number of rotatable bonds is 2. The largest absolute Gasteiger partial charge is 0.427 e. The number of carbonyl (C=O) groups excluding carboxylic acids is 2. The molecular formula is C15H14O4. The molecule has 0 saturated heterocycles. The number of carbonyl (C=O) groups is 2. The van der Waals surface area contributed by atoms with Crippen LogP contribution in [0.3, 0.4) is 0 Å². The third-order valence-electron chi connectivity index (χ3n) is 1.88. The lowest BCUT2D eigenvalue weighted by molar-refractivity contribution is -0.133. The van der Waals surface area contributed by atoms with Crippen LogP contribution in [0, 0.1) is 11.8 Å². The van der Waals surface area contributed by atoms with Crippen molar-refractivity contribution in [3.63, 3.8) is 0 Å². The second kappa shape index (κ2) is 6.41. The zero-order valence-electron chi connectivity index (χ0n) is 11.1. The Morgan fingerprint density at radius 3 is 2.26 bits per heavy atom. The molecule has 0 aliphatic rings. The van der Waals surface area contributed by atoms with Crippen molar-refractivity contribution in [3.05, 3.63) is 35.9 Å². The molecule has 0 bridgehead atoms. The van der Waals surface area contributed by atoms with Gasteiger partial charge in [-0.1, -0.05) is 18.4 Å². The van der Waals surface area contributed by atoms with Gasteiger partial charge in [-0.25, -0.2) is 0 Å². The van der Waals surface area contributed by atoms with Crippen molar-refractivity contribution in [1.82, 2.24) is 0 Å². The third kappa shape index (κ3) is 5.09. The van der Waals surface area contributed by atoms with E-state index in [0.717, 1.165) is 0 Å². The molecule has 0 amide bonds. The standard InChI is InChI=1S/C15H14O4/c1-10(2)5-6-13-9-14(18-11(3)16)7-8-15(13)19-12(4)17/h7-9H,1H2,2-4H3. The van der Waals surface area contributed by atoms with Crippen LogP contribution in [0.1, 0.15) is 26.3 Å². The summed E-state index contributed by atoms with van der Waals surface area (Å²) in [6, 6.07) is 4.60. The Kier molecular flexibility index (Phi) is 4.90. The third-order valence-corrected chi connectivity index (χ3v) is 1.88. The second-order valence-electron chi connectivity index (χ2n) is 3.88. The van der Waals surface area contributed by atoms with E-state index in [4.69, 9.17) is 9.47 Å². The average molecular weight is 258 g/mol. The summed E-state index contributed by atoms with van der Waals surface area (Å²) < 4.78 is 9.98. The fourth-order valence-corrected chi connectivity index (χ4v) is 1.25. The van der Waals surface area contributed by atoms with E-state index in [9.17, 15) is 9.59 Å². The minimum atomic E-state index is -0.446. The van der Waals surface area contributed by atoms with Crippen LogP contribution in [0.5, 0.6) is 11.5 Å². The molecule has 0 spiro atoms. The summed E-state index contributed by atoms with van der Waals surface area (Å²) in [5, 5.41) is 0. The molecule has 0 unspecified atom stereocenters. The predicted molar refractivity (Wildman–Crippen MR) is 70.8 cm³/mol. The van der Waals surface area contributed by atoms with Gasteiger partial charge in [0.2, 0.25) is 0 Å². The lowest BCUT2D eigenvalue weighted by Crippen LogP contribution is -2.05. The average Bonchev–Trinajstić information content (AvgIpc) is 2.27. The molecule has 0 aliphatic carbocycles. The van der Waals surface area contributed by atoms with E-state index >= 15 is 0 Å². The topological polar surface area (TPSA) is 52.6 Å². The fourth-order valence-electron chi connectivity index (χ4n) is 1.25. The summed E-state index contributed by atoms with van der Waals surface area (Å²) in [5.41, 5.74) is 1.13. The van der Waals surface area contributed by atoms with Gasteiger partial charge in [0.15, 0.2) is 0 Å². The van der Waals surface area contributed by atoms with E-state index in [-0.39, 0.29) is 0 Å². The summed E-state index contributed by atoms with van der Waals surface area (Å²) in [6.45, 7) is 8.03. The van der Waals surface area contributed by atoms with Gasteiger partial charge >= 0.3 is 11.9 Å². The number of allylic oxidation sites excluding steroid dienone is 1. The van der Waals surface area contributed by atoms with Gasteiger partial charge in [-0.2, -0.15) is 0 Å². The summed E-state index contributed by atoms with van der Waals surface area (Å²) in [7, 11) is 0. The van der Waals surface area contributed by atoms with Crippen molar-refractivity contribution in [1.29, 1.82) is 0 Å². The molecule has 0 saturated carbocycles. The quantitative estimate of drug-likeness (QED) is 0.464. The van der Waals surface area contributed by atoms with E-state index in [1.807, 2.05) is 0 Å². The SMILES string of the molecule is C=C(C)C#Cc1cc(OC(C)=O)ccc1OC(C)=O. The summed E-state index contributed by atoms with van der Waals surface area (Å²) in [6.07, 6.45) is 0. The molecule has 4 heteroatoms. The number of ether oxygens (including phenoxy) is 2. The number of esters is 2. The van der Waals surface area contributed by atoms with Crippen LogP contribution in [-0.2, 0) is 9.59 Å². The van der Waals surface area contributed by atoms with Gasteiger partial charge in [0.05, 0.1) is 5.56 Å². The van der Waals surface area contributed by atoms with Crippen molar-refractivity contribution < 1.29 is 19.1 Å². The Balaban J connectivity index is 3.18. The lowest BCUT2D eigenvalue weighted by Gasteiger charge is -2.07. The summed E-state index contributed by atoms with van der Waals surface area (Å²) >= 11 is 0. The monoisotopic (exact) mass is 258 g/mol. The molecule has 1 rings (SSSR count). The molecule has 0 N–H and O–H groups in total. The molecule has 0 fully saturated rings. The Labute approximate surface area is 112 Å². The maximum absolute atomic E-state index is 11.0. The Morgan fingerprint density at radius 2 is 1.74 bits per heavy atom. The van der Waals surface area contributed by atoms with E-state index in [2.05, 4.69) is 18.4 Å². The van der Waals surface area contributed by atoms with Gasteiger partial charge < -0.3 is 9.47 Å². The highest BCUT2D eigenvalue weighted by atomic mass is 16.5. The van der Waals surface area contributed by atoms with Crippen molar-refractivity contribution in [3.8, 4) is 23.3 Å². The first-order valence-electron chi connectivity index (χ1n) is 5.57. The van der Waals surface area contributed by atoms with Crippen molar-refractivity contribution in [2.24, 2.45) is 0 Å². The number of benzene rings is 1. The molecule has 0 radical (unpaired) electrons. The highest BCUT2D eigenvalue weighted by molar-refractivity contribution is 5.72.